The number of carbonyl (C=O) groups is 3. The standard InChI is InChI=1S/C24H27NO7S/c1-4-29-24(28)20-16-7-5-13(2)11-19(16)33-22(20)25-21(26)14(3)32-23(27)15-6-8-17-18(12-15)31-10-9-30-17/h6,8,12-14H,4-5,7,9-11H2,1-3H3,(H,25,26). The molecule has 0 spiro atoms. The van der Waals surface area contributed by atoms with Gasteiger partial charge in [-0.25, -0.2) is 9.59 Å². The monoisotopic (exact) mass is 473 g/mol. The number of anilines is 1. The average molecular weight is 474 g/mol. The van der Waals surface area contributed by atoms with E-state index >= 15 is 0 Å². The molecule has 1 aliphatic heterocycles. The van der Waals surface area contributed by atoms with E-state index in [-0.39, 0.29) is 12.2 Å². The first-order valence-corrected chi connectivity index (χ1v) is 11.9. The molecule has 1 aliphatic carbocycles. The molecular formula is C24H27NO7S. The molecule has 8 nitrogen and oxygen atoms in total. The van der Waals surface area contributed by atoms with Crippen LogP contribution in [0.25, 0.3) is 0 Å². The van der Waals surface area contributed by atoms with E-state index in [9.17, 15) is 14.4 Å². The zero-order valence-corrected chi connectivity index (χ0v) is 19.7. The highest BCUT2D eigenvalue weighted by Gasteiger charge is 2.30. The molecule has 9 heteroatoms. The minimum absolute atomic E-state index is 0.247. The lowest BCUT2D eigenvalue weighted by Gasteiger charge is -2.19. The normalized spacial score (nSPS) is 17.5. The number of esters is 2. The molecule has 0 saturated carbocycles. The summed E-state index contributed by atoms with van der Waals surface area (Å²) < 4.78 is 21.6. The summed E-state index contributed by atoms with van der Waals surface area (Å²) in [5.74, 6) is -0.0737. The molecule has 0 fully saturated rings. The molecule has 4 rings (SSSR count). The molecule has 2 aromatic rings. The van der Waals surface area contributed by atoms with Gasteiger partial charge in [-0.2, -0.15) is 0 Å². The number of fused-ring (bicyclic) bond motifs is 2. The van der Waals surface area contributed by atoms with Crippen LogP contribution in [-0.4, -0.2) is 43.8 Å². The minimum Gasteiger partial charge on any atom is -0.486 e. The summed E-state index contributed by atoms with van der Waals surface area (Å²) in [6, 6.07) is 4.74. The van der Waals surface area contributed by atoms with Crippen molar-refractivity contribution in [2.45, 2.75) is 46.1 Å². The third-order valence-electron chi connectivity index (χ3n) is 5.66. The predicted molar refractivity (Wildman–Crippen MR) is 122 cm³/mol. The van der Waals surface area contributed by atoms with Gasteiger partial charge in [0.15, 0.2) is 17.6 Å². The molecule has 0 bridgehead atoms. The largest absolute Gasteiger partial charge is 0.486 e. The van der Waals surface area contributed by atoms with Gasteiger partial charge in [0.1, 0.15) is 18.2 Å². The third-order valence-corrected chi connectivity index (χ3v) is 6.83. The van der Waals surface area contributed by atoms with Gasteiger partial charge in [-0.05, 0) is 62.8 Å². The van der Waals surface area contributed by atoms with E-state index in [0.29, 0.717) is 41.2 Å². The van der Waals surface area contributed by atoms with E-state index in [1.54, 1.807) is 19.1 Å². The van der Waals surface area contributed by atoms with Crippen LogP contribution in [-0.2, 0) is 27.1 Å². The lowest BCUT2D eigenvalue weighted by atomic mass is 9.88. The van der Waals surface area contributed by atoms with Crippen molar-refractivity contribution in [2.24, 2.45) is 5.92 Å². The molecule has 0 saturated heterocycles. The van der Waals surface area contributed by atoms with Crippen molar-refractivity contribution in [2.75, 3.05) is 25.1 Å². The van der Waals surface area contributed by atoms with Crippen LogP contribution in [0.3, 0.4) is 0 Å². The Morgan fingerprint density at radius 2 is 1.94 bits per heavy atom. The van der Waals surface area contributed by atoms with Crippen LogP contribution in [0, 0.1) is 5.92 Å². The van der Waals surface area contributed by atoms with Crippen molar-refractivity contribution in [1.29, 1.82) is 0 Å². The fourth-order valence-electron chi connectivity index (χ4n) is 3.92. The van der Waals surface area contributed by atoms with Crippen molar-refractivity contribution >= 4 is 34.2 Å². The molecule has 33 heavy (non-hydrogen) atoms. The Morgan fingerprint density at radius 1 is 1.18 bits per heavy atom. The van der Waals surface area contributed by atoms with E-state index in [2.05, 4.69) is 12.2 Å². The maximum atomic E-state index is 12.8. The summed E-state index contributed by atoms with van der Waals surface area (Å²) >= 11 is 1.39. The van der Waals surface area contributed by atoms with Crippen molar-refractivity contribution < 1.29 is 33.3 Å². The summed E-state index contributed by atoms with van der Waals surface area (Å²) in [6.07, 6.45) is 1.54. The van der Waals surface area contributed by atoms with Gasteiger partial charge in [-0.1, -0.05) is 6.92 Å². The first-order chi connectivity index (χ1) is 15.9. The summed E-state index contributed by atoms with van der Waals surface area (Å²) in [7, 11) is 0. The fourth-order valence-corrected chi connectivity index (χ4v) is 5.33. The Hall–Kier alpha value is -3.07. The van der Waals surface area contributed by atoms with E-state index < -0.39 is 23.9 Å². The summed E-state index contributed by atoms with van der Waals surface area (Å²) in [5.41, 5.74) is 1.63. The number of thiophene rings is 1. The van der Waals surface area contributed by atoms with Crippen LogP contribution < -0.4 is 14.8 Å². The first-order valence-electron chi connectivity index (χ1n) is 11.1. The van der Waals surface area contributed by atoms with Crippen LogP contribution in [0.5, 0.6) is 11.5 Å². The van der Waals surface area contributed by atoms with Crippen LogP contribution in [0.15, 0.2) is 18.2 Å². The van der Waals surface area contributed by atoms with E-state index in [4.69, 9.17) is 18.9 Å². The number of rotatable bonds is 6. The van der Waals surface area contributed by atoms with Gasteiger partial charge >= 0.3 is 11.9 Å². The van der Waals surface area contributed by atoms with Crippen LogP contribution >= 0.6 is 11.3 Å². The second-order valence-corrected chi connectivity index (χ2v) is 9.28. The maximum absolute atomic E-state index is 12.8. The van der Waals surface area contributed by atoms with Gasteiger partial charge in [-0.15, -0.1) is 11.3 Å². The van der Waals surface area contributed by atoms with Crippen molar-refractivity contribution in [3.05, 3.63) is 39.8 Å². The van der Waals surface area contributed by atoms with E-state index in [1.165, 1.54) is 24.3 Å². The van der Waals surface area contributed by atoms with Crippen LogP contribution in [0.1, 0.15) is 58.3 Å². The highest BCUT2D eigenvalue weighted by atomic mass is 32.1. The van der Waals surface area contributed by atoms with E-state index in [0.717, 1.165) is 29.7 Å². The van der Waals surface area contributed by atoms with Crippen LogP contribution in [0.4, 0.5) is 5.00 Å². The van der Waals surface area contributed by atoms with Gasteiger partial charge in [0.05, 0.1) is 17.7 Å². The lowest BCUT2D eigenvalue weighted by Crippen LogP contribution is -2.30. The number of benzene rings is 1. The molecule has 2 aliphatic rings. The molecular weight excluding hydrogens is 446 g/mol. The highest BCUT2D eigenvalue weighted by molar-refractivity contribution is 7.17. The zero-order chi connectivity index (χ0) is 23.5. The molecule has 0 radical (unpaired) electrons. The van der Waals surface area contributed by atoms with Gasteiger partial charge in [-0.3, -0.25) is 4.79 Å². The molecule has 176 valence electrons. The van der Waals surface area contributed by atoms with Crippen molar-refractivity contribution in [3.8, 4) is 11.5 Å². The summed E-state index contributed by atoms with van der Waals surface area (Å²) in [5, 5.41) is 3.23. The number of hydrogen-bond donors (Lipinski definition) is 1. The zero-order valence-electron chi connectivity index (χ0n) is 18.9. The van der Waals surface area contributed by atoms with Gasteiger partial charge in [0, 0.05) is 4.88 Å². The third kappa shape index (κ3) is 4.98. The number of hydrogen-bond acceptors (Lipinski definition) is 8. The Bertz CT molecular complexity index is 1080. The molecule has 2 unspecified atom stereocenters. The number of amides is 1. The van der Waals surface area contributed by atoms with Gasteiger partial charge in [0.25, 0.3) is 5.91 Å². The Morgan fingerprint density at radius 3 is 2.70 bits per heavy atom. The lowest BCUT2D eigenvalue weighted by molar-refractivity contribution is -0.123. The summed E-state index contributed by atoms with van der Waals surface area (Å²) in [6.45, 7) is 6.51. The quantitative estimate of drug-likeness (QED) is 0.633. The number of ether oxygens (including phenoxy) is 4. The SMILES string of the molecule is CCOC(=O)c1c(NC(=O)C(C)OC(=O)c2ccc3c(c2)OCCO3)sc2c1CCC(C)C2. The van der Waals surface area contributed by atoms with Gasteiger partial charge in [0.2, 0.25) is 0 Å². The van der Waals surface area contributed by atoms with Crippen molar-refractivity contribution in [1.82, 2.24) is 0 Å². The highest BCUT2D eigenvalue weighted by Crippen LogP contribution is 2.40. The second kappa shape index (κ2) is 9.82. The number of carbonyl (C=O) groups excluding carboxylic acids is 3. The Labute approximate surface area is 196 Å². The Kier molecular flexibility index (Phi) is 6.88. The van der Waals surface area contributed by atoms with Gasteiger partial charge < -0.3 is 24.3 Å². The smallest absolute Gasteiger partial charge is 0.341 e. The molecule has 1 N–H and O–H groups in total. The van der Waals surface area contributed by atoms with E-state index in [1.807, 2.05) is 0 Å². The first kappa shape index (κ1) is 23.1. The fraction of sp³-hybridized carbons (Fsp3) is 0.458. The molecule has 1 aromatic carbocycles. The summed E-state index contributed by atoms with van der Waals surface area (Å²) in [4.78, 5) is 39.2. The minimum atomic E-state index is -1.07. The molecule has 1 aromatic heterocycles. The predicted octanol–water partition coefficient (Wildman–Crippen LogP) is 4.00. The molecule has 1 amide bonds. The molecule has 2 heterocycles. The Balaban J connectivity index is 1.47. The molecule has 2 atom stereocenters. The topological polar surface area (TPSA) is 100 Å². The second-order valence-electron chi connectivity index (χ2n) is 8.17. The maximum Gasteiger partial charge on any atom is 0.341 e. The van der Waals surface area contributed by atoms with Crippen LogP contribution in [0.2, 0.25) is 0 Å². The average Bonchev–Trinajstić information content (AvgIpc) is 3.15. The number of nitrogens with one attached hydrogen (secondary N) is 1. The van der Waals surface area contributed by atoms with Crippen molar-refractivity contribution in [3.63, 3.8) is 0 Å².